The van der Waals surface area contributed by atoms with Crippen LogP contribution in [0.25, 0.3) is 0 Å². The standard InChI is InChI=1S/C17H26N2S/c1-4-13(5-2)16-12-19-17(20-16)18-11-15-10-8-7-9-14(15)6-3/h7-10,13,16H,4-6,11-12H2,1-3H3,(H,18,19). The number of hydrogen-bond donors (Lipinski definition) is 1. The molecule has 1 aromatic rings. The van der Waals surface area contributed by atoms with E-state index in [1.165, 1.54) is 24.0 Å². The van der Waals surface area contributed by atoms with Gasteiger partial charge in [0.05, 0.1) is 6.54 Å². The summed E-state index contributed by atoms with van der Waals surface area (Å²) < 4.78 is 0. The molecule has 0 fully saturated rings. The average Bonchev–Trinajstić information content (AvgIpc) is 2.95. The third-order valence-corrected chi connectivity index (χ3v) is 5.52. The van der Waals surface area contributed by atoms with Gasteiger partial charge in [-0.3, -0.25) is 4.99 Å². The van der Waals surface area contributed by atoms with Crippen molar-refractivity contribution in [3.8, 4) is 0 Å². The Balaban J connectivity index is 1.87. The summed E-state index contributed by atoms with van der Waals surface area (Å²) in [6.45, 7) is 8.67. The van der Waals surface area contributed by atoms with Gasteiger partial charge in [0.25, 0.3) is 0 Å². The summed E-state index contributed by atoms with van der Waals surface area (Å²) in [7, 11) is 0. The smallest absolute Gasteiger partial charge is 0.157 e. The Morgan fingerprint density at radius 3 is 2.55 bits per heavy atom. The zero-order valence-electron chi connectivity index (χ0n) is 12.9. The Labute approximate surface area is 127 Å². The Morgan fingerprint density at radius 1 is 1.20 bits per heavy atom. The molecular formula is C17H26N2S. The van der Waals surface area contributed by atoms with E-state index in [0.29, 0.717) is 5.25 Å². The topological polar surface area (TPSA) is 24.4 Å². The number of nitrogens with zero attached hydrogens (tertiary/aromatic N) is 1. The third-order valence-electron chi connectivity index (χ3n) is 4.18. The summed E-state index contributed by atoms with van der Waals surface area (Å²) >= 11 is 1.94. The Kier molecular flexibility index (Phi) is 5.96. The molecule has 1 aliphatic rings. The first-order valence-electron chi connectivity index (χ1n) is 7.80. The van der Waals surface area contributed by atoms with Crippen molar-refractivity contribution in [2.24, 2.45) is 10.9 Å². The van der Waals surface area contributed by atoms with Crippen molar-refractivity contribution < 1.29 is 0 Å². The van der Waals surface area contributed by atoms with Crippen molar-refractivity contribution in [1.82, 2.24) is 5.32 Å². The second-order valence-electron chi connectivity index (χ2n) is 5.35. The maximum absolute atomic E-state index is 4.67. The monoisotopic (exact) mass is 290 g/mol. The van der Waals surface area contributed by atoms with Crippen LogP contribution in [0.1, 0.15) is 44.7 Å². The zero-order chi connectivity index (χ0) is 14.4. The van der Waals surface area contributed by atoms with Crippen molar-refractivity contribution in [1.29, 1.82) is 0 Å². The number of thioether (sulfide) groups is 1. The van der Waals surface area contributed by atoms with Gasteiger partial charge in [0.15, 0.2) is 5.17 Å². The van der Waals surface area contributed by atoms with Gasteiger partial charge in [-0.15, -0.1) is 0 Å². The average molecular weight is 290 g/mol. The highest BCUT2D eigenvalue weighted by Gasteiger charge is 2.25. The fourth-order valence-corrected chi connectivity index (χ4v) is 4.11. The van der Waals surface area contributed by atoms with Gasteiger partial charge in [0.1, 0.15) is 0 Å². The molecule has 2 nitrogen and oxygen atoms in total. The fourth-order valence-electron chi connectivity index (χ4n) is 2.79. The number of hydrogen-bond acceptors (Lipinski definition) is 3. The maximum atomic E-state index is 4.67. The minimum absolute atomic E-state index is 0.675. The zero-order valence-corrected chi connectivity index (χ0v) is 13.7. The van der Waals surface area contributed by atoms with Gasteiger partial charge in [-0.1, -0.05) is 69.6 Å². The number of aryl methyl sites for hydroxylation is 1. The van der Waals surface area contributed by atoms with Crippen molar-refractivity contribution in [3.63, 3.8) is 0 Å². The van der Waals surface area contributed by atoms with Crippen molar-refractivity contribution in [3.05, 3.63) is 35.4 Å². The Bertz CT molecular complexity index is 452. The molecule has 2 rings (SSSR count). The van der Waals surface area contributed by atoms with Gasteiger partial charge in [-0.05, 0) is 23.5 Å². The largest absolute Gasteiger partial charge is 0.361 e. The molecule has 0 saturated heterocycles. The first-order chi connectivity index (χ1) is 9.78. The van der Waals surface area contributed by atoms with Crippen LogP contribution >= 0.6 is 11.8 Å². The summed E-state index contributed by atoms with van der Waals surface area (Å²) in [5.74, 6) is 0.797. The van der Waals surface area contributed by atoms with Gasteiger partial charge in [-0.2, -0.15) is 0 Å². The van der Waals surface area contributed by atoms with E-state index < -0.39 is 0 Å². The van der Waals surface area contributed by atoms with Crippen LogP contribution in [-0.4, -0.2) is 17.0 Å². The second-order valence-corrected chi connectivity index (χ2v) is 6.58. The van der Waals surface area contributed by atoms with E-state index in [1.54, 1.807) is 0 Å². The van der Waals surface area contributed by atoms with E-state index in [-0.39, 0.29) is 0 Å². The van der Waals surface area contributed by atoms with Crippen LogP contribution in [0.5, 0.6) is 0 Å². The SMILES string of the molecule is CCc1ccccc1CNC1=NCC(C(CC)CC)S1. The summed E-state index contributed by atoms with van der Waals surface area (Å²) in [5, 5.41) is 5.33. The van der Waals surface area contributed by atoms with Gasteiger partial charge in [-0.25, -0.2) is 0 Å². The molecule has 0 amide bonds. The molecule has 0 aliphatic carbocycles. The van der Waals surface area contributed by atoms with E-state index >= 15 is 0 Å². The lowest BCUT2D eigenvalue weighted by atomic mass is 9.99. The van der Waals surface area contributed by atoms with E-state index in [0.717, 1.165) is 30.6 Å². The molecule has 0 saturated carbocycles. The molecule has 1 aliphatic heterocycles. The summed E-state index contributed by atoms with van der Waals surface area (Å²) in [4.78, 5) is 4.67. The minimum atomic E-state index is 0.675. The molecule has 1 unspecified atom stereocenters. The van der Waals surface area contributed by atoms with Crippen molar-refractivity contribution in [2.75, 3.05) is 6.54 Å². The maximum Gasteiger partial charge on any atom is 0.157 e. The lowest BCUT2D eigenvalue weighted by Crippen LogP contribution is -2.21. The molecule has 110 valence electrons. The van der Waals surface area contributed by atoms with E-state index in [4.69, 9.17) is 0 Å². The van der Waals surface area contributed by atoms with Gasteiger partial charge in [0, 0.05) is 11.8 Å². The number of nitrogens with one attached hydrogen (secondary N) is 1. The summed E-state index contributed by atoms with van der Waals surface area (Å²) in [6, 6.07) is 8.66. The van der Waals surface area contributed by atoms with E-state index in [2.05, 4.69) is 55.3 Å². The van der Waals surface area contributed by atoms with Gasteiger partial charge < -0.3 is 5.32 Å². The molecule has 0 spiro atoms. The molecule has 0 bridgehead atoms. The van der Waals surface area contributed by atoms with Crippen LogP contribution in [0.3, 0.4) is 0 Å². The minimum Gasteiger partial charge on any atom is -0.361 e. The second kappa shape index (κ2) is 7.72. The highest BCUT2D eigenvalue weighted by molar-refractivity contribution is 8.14. The Morgan fingerprint density at radius 2 is 1.90 bits per heavy atom. The van der Waals surface area contributed by atoms with E-state index in [9.17, 15) is 0 Å². The highest BCUT2D eigenvalue weighted by Crippen LogP contribution is 2.30. The molecule has 1 atom stereocenters. The molecular weight excluding hydrogens is 264 g/mol. The lowest BCUT2D eigenvalue weighted by molar-refractivity contribution is 0.479. The van der Waals surface area contributed by atoms with Crippen LogP contribution in [-0.2, 0) is 13.0 Å². The lowest BCUT2D eigenvalue weighted by Gasteiger charge is -2.18. The molecule has 0 radical (unpaired) electrons. The number of aliphatic imine (C=N–C) groups is 1. The first kappa shape index (κ1) is 15.4. The molecule has 3 heteroatoms. The molecule has 1 N–H and O–H groups in total. The van der Waals surface area contributed by atoms with Crippen LogP contribution in [0.4, 0.5) is 0 Å². The first-order valence-corrected chi connectivity index (χ1v) is 8.68. The predicted octanol–water partition coefficient (Wildman–Crippen LogP) is 4.25. The molecule has 1 aromatic carbocycles. The van der Waals surface area contributed by atoms with Gasteiger partial charge in [0.2, 0.25) is 0 Å². The highest BCUT2D eigenvalue weighted by atomic mass is 32.2. The van der Waals surface area contributed by atoms with Crippen LogP contribution in [0.15, 0.2) is 29.3 Å². The summed E-state index contributed by atoms with van der Waals surface area (Å²) in [6.07, 6.45) is 3.61. The van der Waals surface area contributed by atoms with Crippen LogP contribution < -0.4 is 5.32 Å². The van der Waals surface area contributed by atoms with Crippen molar-refractivity contribution in [2.45, 2.75) is 51.8 Å². The quantitative estimate of drug-likeness (QED) is 0.847. The predicted molar refractivity (Wildman–Crippen MR) is 90.4 cm³/mol. The molecule has 1 heterocycles. The number of benzene rings is 1. The molecule has 20 heavy (non-hydrogen) atoms. The van der Waals surface area contributed by atoms with Crippen molar-refractivity contribution >= 4 is 16.9 Å². The van der Waals surface area contributed by atoms with E-state index in [1.807, 2.05) is 11.8 Å². The normalized spacial score (nSPS) is 18.4. The van der Waals surface area contributed by atoms with Crippen LogP contribution in [0, 0.1) is 5.92 Å². The fraction of sp³-hybridized carbons (Fsp3) is 0.588. The molecule has 0 aromatic heterocycles. The van der Waals surface area contributed by atoms with Gasteiger partial charge >= 0.3 is 0 Å². The Hall–Kier alpha value is -0.960. The third kappa shape index (κ3) is 3.78. The number of amidine groups is 1. The number of rotatable bonds is 6. The summed E-state index contributed by atoms with van der Waals surface area (Å²) in [5.41, 5.74) is 2.82. The van der Waals surface area contributed by atoms with Crippen LogP contribution in [0.2, 0.25) is 0 Å².